The molecule has 2 aliphatic heterocycles. The Morgan fingerprint density at radius 3 is 3.00 bits per heavy atom. The number of esters is 1. The van der Waals surface area contributed by atoms with Crippen LogP contribution in [0.4, 0.5) is 0 Å². The maximum atomic E-state index is 12.2. The largest absolute Gasteiger partial charge is 0.469 e. The number of rotatable bonds is 2. The lowest BCUT2D eigenvalue weighted by Crippen LogP contribution is -2.68. The van der Waals surface area contributed by atoms with Gasteiger partial charge in [0.1, 0.15) is 5.76 Å². The van der Waals surface area contributed by atoms with Gasteiger partial charge in [-0.2, -0.15) is 0 Å². The first-order valence-corrected chi connectivity index (χ1v) is 6.99. The average molecular weight is 309 g/mol. The number of fused-ring (bicyclic) bond motifs is 1. The molecule has 2 aliphatic rings. The molecule has 8 heteroatoms. The molecule has 1 amide bonds. The highest BCUT2D eigenvalue weighted by Crippen LogP contribution is 2.35. The van der Waals surface area contributed by atoms with Gasteiger partial charge in [-0.3, -0.25) is 14.9 Å². The van der Waals surface area contributed by atoms with Crippen LogP contribution in [0, 0.1) is 11.8 Å². The van der Waals surface area contributed by atoms with Gasteiger partial charge in [-0.1, -0.05) is 0 Å². The van der Waals surface area contributed by atoms with Crippen LogP contribution < -0.4 is 16.0 Å². The van der Waals surface area contributed by atoms with E-state index in [1.807, 2.05) is 6.07 Å². The average Bonchev–Trinajstić information content (AvgIpc) is 2.99. The van der Waals surface area contributed by atoms with Crippen molar-refractivity contribution in [1.82, 2.24) is 16.0 Å². The minimum atomic E-state index is -0.574. The number of carbonyl (C=O) groups is 2. The normalized spacial score (nSPS) is 31.9. The van der Waals surface area contributed by atoms with E-state index in [0.29, 0.717) is 12.2 Å². The quantitative estimate of drug-likeness (QED) is 0.525. The Labute approximate surface area is 126 Å². The molecule has 0 saturated carbocycles. The molecule has 7 nitrogen and oxygen atoms in total. The van der Waals surface area contributed by atoms with Gasteiger partial charge in [-0.15, -0.1) is 0 Å². The number of nitrogens with one attached hydrogen (secondary N) is 3. The highest BCUT2D eigenvalue weighted by Gasteiger charge is 2.49. The first-order chi connectivity index (χ1) is 10.1. The Morgan fingerprint density at radius 2 is 2.33 bits per heavy atom. The van der Waals surface area contributed by atoms with E-state index in [-0.39, 0.29) is 17.1 Å². The first-order valence-electron chi connectivity index (χ1n) is 6.59. The number of carbonyl (C=O) groups excluding carboxylic acids is 2. The fourth-order valence-corrected chi connectivity index (χ4v) is 3.17. The highest BCUT2D eigenvalue weighted by atomic mass is 32.1. The van der Waals surface area contributed by atoms with E-state index in [0.717, 1.165) is 0 Å². The number of hydrogen-bond acceptors (Lipinski definition) is 6. The van der Waals surface area contributed by atoms with Crippen LogP contribution in [0.25, 0.3) is 0 Å². The van der Waals surface area contributed by atoms with Crippen molar-refractivity contribution in [1.29, 1.82) is 0 Å². The van der Waals surface area contributed by atoms with Gasteiger partial charge >= 0.3 is 5.97 Å². The Balaban J connectivity index is 1.90. The Bertz CT molecular complexity index is 574. The van der Waals surface area contributed by atoms with E-state index < -0.39 is 24.0 Å². The highest BCUT2D eigenvalue weighted by molar-refractivity contribution is 7.80. The molecule has 0 radical (unpaired) electrons. The molecule has 112 valence electrons. The minimum Gasteiger partial charge on any atom is -0.469 e. The number of amides is 1. The van der Waals surface area contributed by atoms with Gasteiger partial charge in [0.2, 0.25) is 5.91 Å². The van der Waals surface area contributed by atoms with Crippen molar-refractivity contribution in [2.45, 2.75) is 18.6 Å². The maximum absolute atomic E-state index is 12.2. The molecule has 4 unspecified atom stereocenters. The summed E-state index contributed by atoms with van der Waals surface area (Å²) in [5, 5.41) is 9.05. The van der Waals surface area contributed by atoms with Gasteiger partial charge in [0.25, 0.3) is 0 Å². The summed E-state index contributed by atoms with van der Waals surface area (Å²) in [6.45, 7) is 0. The summed E-state index contributed by atoms with van der Waals surface area (Å²) in [4.78, 5) is 24.2. The third-order valence-electron chi connectivity index (χ3n) is 3.88. The van der Waals surface area contributed by atoms with E-state index in [1.165, 1.54) is 7.11 Å². The predicted octanol–water partition coefficient (Wildman–Crippen LogP) is 0.0498. The summed E-state index contributed by atoms with van der Waals surface area (Å²) in [7, 11) is 1.32. The smallest absolute Gasteiger partial charge is 0.309 e. The zero-order valence-corrected chi connectivity index (χ0v) is 12.1. The fourth-order valence-electron chi connectivity index (χ4n) is 2.94. The van der Waals surface area contributed by atoms with Gasteiger partial charge in [0, 0.05) is 0 Å². The molecule has 0 aromatic carbocycles. The lowest BCUT2D eigenvalue weighted by molar-refractivity contribution is -0.154. The van der Waals surface area contributed by atoms with Gasteiger partial charge in [-0.25, -0.2) is 0 Å². The van der Waals surface area contributed by atoms with E-state index >= 15 is 0 Å². The SMILES string of the molecule is COC(=O)C1CC(c2ccco2)NC2NC(=S)NC(=O)C21. The Hall–Kier alpha value is -1.93. The van der Waals surface area contributed by atoms with Crippen molar-refractivity contribution < 1.29 is 18.7 Å². The van der Waals surface area contributed by atoms with Crippen LogP contribution >= 0.6 is 12.2 Å². The maximum Gasteiger partial charge on any atom is 0.309 e. The van der Waals surface area contributed by atoms with Crippen LogP contribution in [0.15, 0.2) is 22.8 Å². The number of ether oxygens (including phenoxy) is 1. The lowest BCUT2D eigenvalue weighted by Gasteiger charge is -2.43. The summed E-state index contributed by atoms with van der Waals surface area (Å²) < 4.78 is 10.2. The number of piperidine rings is 1. The third-order valence-corrected chi connectivity index (χ3v) is 4.10. The third kappa shape index (κ3) is 2.52. The van der Waals surface area contributed by atoms with Crippen LogP contribution in [-0.4, -0.2) is 30.3 Å². The number of hydrogen-bond donors (Lipinski definition) is 3. The zero-order chi connectivity index (χ0) is 15.0. The monoisotopic (exact) mass is 309 g/mol. The second kappa shape index (κ2) is 5.45. The van der Waals surface area contributed by atoms with Crippen molar-refractivity contribution >= 4 is 29.2 Å². The van der Waals surface area contributed by atoms with Crippen molar-refractivity contribution in [3.63, 3.8) is 0 Å². The number of furan rings is 1. The molecule has 3 heterocycles. The van der Waals surface area contributed by atoms with Crippen LogP contribution in [0.3, 0.4) is 0 Å². The molecule has 2 fully saturated rings. The van der Waals surface area contributed by atoms with Gasteiger partial charge < -0.3 is 19.8 Å². The second-order valence-electron chi connectivity index (χ2n) is 5.07. The summed E-state index contributed by atoms with van der Waals surface area (Å²) in [5.41, 5.74) is 0. The van der Waals surface area contributed by atoms with Crippen molar-refractivity contribution in [2.24, 2.45) is 11.8 Å². The van der Waals surface area contributed by atoms with Crippen molar-refractivity contribution in [3.8, 4) is 0 Å². The molecule has 3 N–H and O–H groups in total. The molecular weight excluding hydrogens is 294 g/mol. The number of thiocarbonyl (C=S) groups is 1. The minimum absolute atomic E-state index is 0.188. The van der Waals surface area contributed by atoms with Crippen LogP contribution in [-0.2, 0) is 14.3 Å². The molecule has 4 atom stereocenters. The van der Waals surface area contributed by atoms with Crippen molar-refractivity contribution in [2.75, 3.05) is 7.11 Å². The molecule has 21 heavy (non-hydrogen) atoms. The molecule has 0 aliphatic carbocycles. The fraction of sp³-hybridized carbons (Fsp3) is 0.462. The molecule has 2 saturated heterocycles. The molecular formula is C13H15N3O4S. The zero-order valence-electron chi connectivity index (χ0n) is 11.3. The van der Waals surface area contributed by atoms with Crippen LogP contribution in [0.5, 0.6) is 0 Å². The van der Waals surface area contributed by atoms with Crippen LogP contribution in [0.1, 0.15) is 18.2 Å². The molecule has 3 rings (SSSR count). The van der Waals surface area contributed by atoms with Gasteiger partial charge in [0.15, 0.2) is 5.11 Å². The lowest BCUT2D eigenvalue weighted by atomic mass is 9.78. The standard InChI is InChI=1S/C13H15N3O4S/c1-19-12(18)6-5-7(8-3-2-4-20-8)14-10-9(6)11(17)16-13(21)15-10/h2-4,6-7,9-10,14H,5H2,1H3,(H2,15,16,17,21). The summed E-state index contributed by atoms with van der Waals surface area (Å²) in [5.74, 6) is -1.11. The second-order valence-corrected chi connectivity index (χ2v) is 5.47. The van der Waals surface area contributed by atoms with E-state index in [4.69, 9.17) is 21.4 Å². The Morgan fingerprint density at radius 1 is 1.52 bits per heavy atom. The van der Waals surface area contributed by atoms with E-state index in [1.54, 1.807) is 12.3 Å². The van der Waals surface area contributed by atoms with Gasteiger partial charge in [0.05, 0.1) is 37.4 Å². The van der Waals surface area contributed by atoms with E-state index in [9.17, 15) is 9.59 Å². The summed E-state index contributed by atoms with van der Waals surface area (Å²) in [6.07, 6.45) is 1.56. The first kappa shape index (κ1) is 14.0. The molecule has 0 bridgehead atoms. The molecule has 1 aromatic heterocycles. The van der Waals surface area contributed by atoms with E-state index in [2.05, 4.69) is 16.0 Å². The van der Waals surface area contributed by atoms with Gasteiger partial charge in [-0.05, 0) is 30.8 Å². The topological polar surface area (TPSA) is 92.6 Å². The Kier molecular flexibility index (Phi) is 3.64. The predicted molar refractivity (Wildman–Crippen MR) is 75.9 cm³/mol. The molecule has 0 spiro atoms. The molecule has 1 aromatic rings. The van der Waals surface area contributed by atoms with Crippen molar-refractivity contribution in [3.05, 3.63) is 24.2 Å². The van der Waals surface area contributed by atoms with Crippen LogP contribution in [0.2, 0.25) is 0 Å². The summed E-state index contributed by atoms with van der Waals surface area (Å²) in [6, 6.07) is 3.42. The number of methoxy groups -OCH3 is 1. The summed E-state index contributed by atoms with van der Waals surface area (Å²) >= 11 is 5.00.